The second kappa shape index (κ2) is 7.42. The quantitative estimate of drug-likeness (QED) is 0.756. The highest BCUT2D eigenvalue weighted by atomic mass is 16.5. The number of amides is 1. The zero-order valence-corrected chi connectivity index (χ0v) is 15.4. The second-order valence-electron chi connectivity index (χ2n) is 6.87. The first-order valence-electron chi connectivity index (χ1n) is 8.97. The number of benzene rings is 1. The first kappa shape index (κ1) is 17.6. The van der Waals surface area contributed by atoms with Gasteiger partial charge in [-0.25, -0.2) is 4.98 Å². The lowest BCUT2D eigenvalue weighted by molar-refractivity contribution is -0.119. The molecule has 3 aromatic rings. The van der Waals surface area contributed by atoms with Gasteiger partial charge < -0.3 is 10.1 Å². The number of hydrogen-bond acceptors (Lipinski definition) is 6. The summed E-state index contributed by atoms with van der Waals surface area (Å²) in [7, 11) is 1.84. The number of pyridine rings is 1. The van der Waals surface area contributed by atoms with Gasteiger partial charge in [0.2, 0.25) is 5.91 Å². The van der Waals surface area contributed by atoms with Crippen molar-refractivity contribution in [3.8, 4) is 11.3 Å². The summed E-state index contributed by atoms with van der Waals surface area (Å²) in [6.07, 6.45) is 3.79. The molecule has 1 fully saturated rings. The number of fused-ring (bicyclic) bond motifs is 1. The Hall–Kier alpha value is -2.84. The molecule has 0 spiro atoms. The van der Waals surface area contributed by atoms with Crippen LogP contribution in [0.2, 0.25) is 0 Å². The number of ether oxygens (including phenoxy) is 1. The van der Waals surface area contributed by atoms with Crippen LogP contribution in [0.1, 0.15) is 6.92 Å². The summed E-state index contributed by atoms with van der Waals surface area (Å²) in [5.41, 5.74) is 1.78. The maximum absolute atomic E-state index is 12.4. The number of carbonyl (C=O) groups excluding carboxylic acids is 1. The molecule has 0 aliphatic carbocycles. The van der Waals surface area contributed by atoms with E-state index in [0.29, 0.717) is 19.0 Å². The van der Waals surface area contributed by atoms with Crippen LogP contribution in [0.3, 0.4) is 0 Å². The minimum Gasteiger partial charge on any atom is -0.376 e. The van der Waals surface area contributed by atoms with E-state index in [1.807, 2.05) is 44.4 Å². The number of rotatable bonds is 4. The summed E-state index contributed by atoms with van der Waals surface area (Å²) in [6, 6.07) is 7.90. The van der Waals surface area contributed by atoms with Crippen molar-refractivity contribution in [3.05, 3.63) is 36.7 Å². The predicted octanol–water partition coefficient (Wildman–Crippen LogP) is 1.69. The third-order valence-electron chi connectivity index (χ3n) is 4.58. The highest BCUT2D eigenvalue weighted by Crippen LogP contribution is 2.24. The minimum atomic E-state index is -0.0685. The van der Waals surface area contributed by atoms with Gasteiger partial charge in [0.15, 0.2) is 0 Å². The molecule has 1 amide bonds. The average Bonchev–Trinajstić information content (AvgIpc) is 3.07. The Morgan fingerprint density at radius 3 is 3.00 bits per heavy atom. The maximum atomic E-state index is 12.4. The zero-order chi connectivity index (χ0) is 18.8. The molecule has 0 bridgehead atoms. The summed E-state index contributed by atoms with van der Waals surface area (Å²) in [4.78, 5) is 18.8. The highest BCUT2D eigenvalue weighted by molar-refractivity contribution is 5.94. The van der Waals surface area contributed by atoms with Crippen LogP contribution in [-0.2, 0) is 16.6 Å². The van der Waals surface area contributed by atoms with Gasteiger partial charge in [-0.1, -0.05) is 17.3 Å². The molecular formula is C19H22N6O2. The van der Waals surface area contributed by atoms with Crippen molar-refractivity contribution in [2.75, 3.05) is 31.6 Å². The third kappa shape index (κ3) is 4.12. The third-order valence-corrected chi connectivity index (χ3v) is 4.58. The number of carbonyl (C=O) groups is 1. The maximum Gasteiger partial charge on any atom is 0.239 e. The van der Waals surface area contributed by atoms with E-state index in [1.54, 1.807) is 10.9 Å². The van der Waals surface area contributed by atoms with Crippen LogP contribution in [-0.4, -0.2) is 63.1 Å². The Morgan fingerprint density at radius 2 is 2.22 bits per heavy atom. The van der Waals surface area contributed by atoms with Crippen LogP contribution < -0.4 is 5.32 Å². The molecule has 8 nitrogen and oxygen atoms in total. The lowest BCUT2D eigenvalue weighted by Crippen LogP contribution is -2.44. The molecule has 27 heavy (non-hydrogen) atoms. The highest BCUT2D eigenvalue weighted by Gasteiger charge is 2.19. The number of nitrogens with zero attached hydrogens (tertiary/aromatic N) is 5. The molecule has 1 N–H and O–H groups in total. The predicted molar refractivity (Wildman–Crippen MR) is 102 cm³/mol. The van der Waals surface area contributed by atoms with Gasteiger partial charge in [-0.15, -0.1) is 5.10 Å². The van der Waals surface area contributed by atoms with Gasteiger partial charge in [0, 0.05) is 37.3 Å². The standard InChI is InChI=1S/C19H22N6O2/c1-13-10-25(5-6-27-13)12-19(26)21-18-8-16-7-14(3-4-15(16)9-20-18)17-11-24(2)23-22-17/h3-4,7-9,11,13H,5-6,10,12H2,1-2H3,(H,20,21,26)/t13-/m1/s1. The van der Waals surface area contributed by atoms with Crippen LogP contribution in [0.5, 0.6) is 0 Å². The summed E-state index contributed by atoms with van der Waals surface area (Å²) in [5.74, 6) is 0.478. The molecule has 140 valence electrons. The van der Waals surface area contributed by atoms with Gasteiger partial charge in [-0.2, -0.15) is 0 Å². The van der Waals surface area contributed by atoms with E-state index in [2.05, 4.69) is 25.5 Å². The van der Waals surface area contributed by atoms with Gasteiger partial charge in [0.05, 0.1) is 25.5 Å². The van der Waals surface area contributed by atoms with Crippen LogP contribution in [0.25, 0.3) is 22.0 Å². The van der Waals surface area contributed by atoms with Crippen LogP contribution in [0.4, 0.5) is 5.82 Å². The van der Waals surface area contributed by atoms with Crippen molar-refractivity contribution < 1.29 is 9.53 Å². The van der Waals surface area contributed by atoms with Gasteiger partial charge in [0.25, 0.3) is 0 Å². The summed E-state index contributed by atoms with van der Waals surface area (Å²) in [5, 5.41) is 13.0. The van der Waals surface area contributed by atoms with Gasteiger partial charge in [-0.3, -0.25) is 14.4 Å². The molecular weight excluding hydrogens is 344 g/mol. The minimum absolute atomic E-state index is 0.0685. The van der Waals surface area contributed by atoms with Crippen LogP contribution in [0, 0.1) is 0 Å². The number of aromatic nitrogens is 4. The Balaban J connectivity index is 1.49. The SMILES string of the molecule is C[C@@H]1CN(CC(=O)Nc2cc3cc(-c4cn(C)nn4)ccc3cn2)CCO1. The summed E-state index contributed by atoms with van der Waals surface area (Å²) < 4.78 is 7.18. The van der Waals surface area contributed by atoms with Gasteiger partial charge >= 0.3 is 0 Å². The molecule has 0 radical (unpaired) electrons. The fourth-order valence-corrected chi connectivity index (χ4v) is 3.27. The summed E-state index contributed by atoms with van der Waals surface area (Å²) >= 11 is 0. The van der Waals surface area contributed by atoms with E-state index in [9.17, 15) is 4.79 Å². The number of aryl methyl sites for hydroxylation is 1. The van der Waals surface area contributed by atoms with E-state index in [4.69, 9.17) is 4.74 Å². The molecule has 1 saturated heterocycles. The van der Waals surface area contributed by atoms with Crippen molar-refractivity contribution in [1.29, 1.82) is 0 Å². The number of hydrogen-bond donors (Lipinski definition) is 1. The number of anilines is 1. The molecule has 1 atom stereocenters. The largest absolute Gasteiger partial charge is 0.376 e. The fraction of sp³-hybridized carbons (Fsp3) is 0.368. The lowest BCUT2D eigenvalue weighted by atomic mass is 10.1. The first-order chi connectivity index (χ1) is 13.1. The Labute approximate surface area is 157 Å². The lowest BCUT2D eigenvalue weighted by Gasteiger charge is -2.30. The molecule has 2 aromatic heterocycles. The topological polar surface area (TPSA) is 85.2 Å². The molecule has 8 heteroatoms. The van der Waals surface area contributed by atoms with E-state index >= 15 is 0 Å². The first-order valence-corrected chi connectivity index (χ1v) is 8.97. The fourth-order valence-electron chi connectivity index (χ4n) is 3.27. The molecule has 3 heterocycles. The average molecular weight is 366 g/mol. The van der Waals surface area contributed by atoms with E-state index < -0.39 is 0 Å². The van der Waals surface area contributed by atoms with Crippen molar-refractivity contribution >= 4 is 22.5 Å². The van der Waals surface area contributed by atoms with Crippen LogP contribution in [0.15, 0.2) is 36.7 Å². The Kier molecular flexibility index (Phi) is 4.83. The molecule has 1 aromatic carbocycles. The van der Waals surface area contributed by atoms with Gasteiger partial charge in [-0.05, 0) is 24.4 Å². The van der Waals surface area contributed by atoms with E-state index in [1.165, 1.54) is 0 Å². The van der Waals surface area contributed by atoms with E-state index in [-0.39, 0.29) is 12.0 Å². The van der Waals surface area contributed by atoms with Gasteiger partial charge in [0.1, 0.15) is 11.5 Å². The normalized spacial score (nSPS) is 17.9. The Bertz CT molecular complexity index is 970. The second-order valence-corrected chi connectivity index (χ2v) is 6.87. The van der Waals surface area contributed by atoms with Crippen molar-refractivity contribution in [2.24, 2.45) is 7.05 Å². The van der Waals surface area contributed by atoms with E-state index in [0.717, 1.165) is 35.1 Å². The molecule has 4 rings (SSSR count). The smallest absolute Gasteiger partial charge is 0.239 e. The van der Waals surface area contributed by atoms with Crippen molar-refractivity contribution in [3.63, 3.8) is 0 Å². The van der Waals surface area contributed by atoms with Crippen molar-refractivity contribution in [2.45, 2.75) is 13.0 Å². The number of morpholine rings is 1. The van der Waals surface area contributed by atoms with Crippen LogP contribution >= 0.6 is 0 Å². The monoisotopic (exact) mass is 366 g/mol. The molecule has 0 unspecified atom stereocenters. The molecule has 1 aliphatic rings. The molecule has 1 aliphatic heterocycles. The summed E-state index contributed by atoms with van der Waals surface area (Å²) in [6.45, 7) is 4.55. The zero-order valence-electron chi connectivity index (χ0n) is 15.4. The number of nitrogens with one attached hydrogen (secondary N) is 1. The Morgan fingerprint density at radius 1 is 1.33 bits per heavy atom. The van der Waals surface area contributed by atoms with Crippen molar-refractivity contribution in [1.82, 2.24) is 24.9 Å². The molecule has 0 saturated carbocycles.